The molecule has 0 aromatic rings. The monoisotopic (exact) mass is 146 g/mol. The Balaban J connectivity index is 3.83. The van der Waals surface area contributed by atoms with Crippen LogP contribution in [0.4, 0.5) is 0 Å². The van der Waals surface area contributed by atoms with Crippen molar-refractivity contribution in [1.29, 1.82) is 0 Å². The van der Waals surface area contributed by atoms with Crippen molar-refractivity contribution < 1.29 is 5.11 Å². The molecule has 0 aliphatic rings. The fourth-order valence-electron chi connectivity index (χ4n) is 0.329. The normalized spacial score (nSPS) is 14.1. The van der Waals surface area contributed by atoms with Crippen LogP contribution in [0.5, 0.6) is 0 Å². The number of rotatable bonds is 2. The van der Waals surface area contributed by atoms with Gasteiger partial charge in [0.05, 0.1) is 5.76 Å². The zero-order valence-corrected chi connectivity index (χ0v) is 6.44. The van der Waals surface area contributed by atoms with E-state index in [-0.39, 0.29) is 0 Å². The molecule has 0 unspecified atom stereocenters. The van der Waals surface area contributed by atoms with Crippen LogP contribution in [0.1, 0.15) is 20.3 Å². The molecule has 0 rings (SSSR count). The molecule has 0 spiro atoms. The maximum atomic E-state index is 8.86. The molecule has 1 nitrogen and oxygen atoms in total. The van der Waals surface area contributed by atoms with Crippen LogP contribution in [0, 0.1) is 0 Å². The highest BCUT2D eigenvalue weighted by atomic mass is 35.5. The number of halogens is 1. The van der Waals surface area contributed by atoms with Crippen LogP contribution >= 0.6 is 11.6 Å². The van der Waals surface area contributed by atoms with Crippen LogP contribution in [0.15, 0.2) is 22.9 Å². The number of hydrogen-bond acceptors (Lipinski definition) is 1. The van der Waals surface area contributed by atoms with Crippen LogP contribution in [-0.4, -0.2) is 5.11 Å². The Morgan fingerprint density at radius 2 is 2.11 bits per heavy atom. The molecule has 0 amide bonds. The van der Waals surface area contributed by atoms with Gasteiger partial charge in [0, 0.05) is 11.5 Å². The summed E-state index contributed by atoms with van der Waals surface area (Å²) >= 11 is 5.48. The predicted octanol–water partition coefficient (Wildman–Crippen LogP) is 2.98. The molecule has 0 saturated heterocycles. The summed E-state index contributed by atoms with van der Waals surface area (Å²) in [6.07, 6.45) is 3.92. The van der Waals surface area contributed by atoms with Crippen molar-refractivity contribution in [3.8, 4) is 0 Å². The Morgan fingerprint density at radius 3 is 2.44 bits per heavy atom. The number of aliphatic hydroxyl groups is 1. The lowest BCUT2D eigenvalue weighted by molar-refractivity contribution is 0.395. The van der Waals surface area contributed by atoms with Gasteiger partial charge in [-0.15, -0.1) is 0 Å². The van der Waals surface area contributed by atoms with E-state index in [4.69, 9.17) is 16.7 Å². The molecule has 0 fully saturated rings. The lowest BCUT2D eigenvalue weighted by atomic mass is 10.3. The largest absolute Gasteiger partial charge is 0.512 e. The quantitative estimate of drug-likeness (QED) is 0.469. The van der Waals surface area contributed by atoms with Crippen molar-refractivity contribution in [2.45, 2.75) is 20.3 Å². The summed E-state index contributed by atoms with van der Waals surface area (Å²) in [6.45, 7) is 3.64. The minimum Gasteiger partial charge on any atom is -0.512 e. The lowest BCUT2D eigenvalue weighted by Crippen LogP contribution is -1.73. The van der Waals surface area contributed by atoms with Gasteiger partial charge in [-0.25, -0.2) is 0 Å². The van der Waals surface area contributed by atoms with Gasteiger partial charge < -0.3 is 5.11 Å². The number of hydrogen-bond donors (Lipinski definition) is 1. The molecule has 9 heavy (non-hydrogen) atoms. The Kier molecular flexibility index (Phi) is 4.24. The molecule has 1 N–H and O–H groups in total. The zero-order valence-electron chi connectivity index (χ0n) is 5.69. The van der Waals surface area contributed by atoms with E-state index < -0.39 is 0 Å². The molecule has 0 saturated carbocycles. The van der Waals surface area contributed by atoms with E-state index in [0.29, 0.717) is 17.2 Å². The Morgan fingerprint density at radius 1 is 1.56 bits per heavy atom. The Labute approximate surface area is 60.6 Å². The van der Waals surface area contributed by atoms with Crippen molar-refractivity contribution in [3.63, 3.8) is 0 Å². The summed E-state index contributed by atoms with van der Waals surface area (Å²) in [5, 5.41) is 9.54. The molecule has 0 aliphatic carbocycles. The summed E-state index contributed by atoms with van der Waals surface area (Å²) in [5.74, 6) is 0.356. The van der Waals surface area contributed by atoms with Gasteiger partial charge in [-0.2, -0.15) is 0 Å². The topological polar surface area (TPSA) is 20.2 Å². The Hall–Kier alpha value is -0.430. The lowest BCUT2D eigenvalue weighted by Gasteiger charge is -1.88. The standard InChI is InChI=1S/C7H11ClO/c1-3-7(9)5-4-6(2)8/h4-5,9H,3H2,1-2H3/b6-4+,7-5+. The summed E-state index contributed by atoms with van der Waals surface area (Å²) in [7, 11) is 0. The predicted molar refractivity (Wildman–Crippen MR) is 40.6 cm³/mol. The first-order valence-electron chi connectivity index (χ1n) is 2.88. The van der Waals surface area contributed by atoms with E-state index in [9.17, 15) is 0 Å². The van der Waals surface area contributed by atoms with E-state index in [1.165, 1.54) is 0 Å². The van der Waals surface area contributed by atoms with Gasteiger partial charge in [-0.05, 0) is 19.1 Å². The van der Waals surface area contributed by atoms with Crippen LogP contribution in [0.3, 0.4) is 0 Å². The molecule has 0 heterocycles. The second-order valence-corrected chi connectivity index (χ2v) is 2.36. The third kappa shape index (κ3) is 5.44. The van der Waals surface area contributed by atoms with Crippen LogP contribution in [-0.2, 0) is 0 Å². The third-order valence-electron chi connectivity index (χ3n) is 0.868. The maximum Gasteiger partial charge on any atom is 0.0920 e. The van der Waals surface area contributed by atoms with Crippen LogP contribution in [0.2, 0.25) is 0 Å². The minimum absolute atomic E-state index is 0.356. The molecular formula is C7H11ClO. The van der Waals surface area contributed by atoms with Crippen molar-refractivity contribution in [3.05, 3.63) is 22.9 Å². The van der Waals surface area contributed by atoms with E-state index in [1.54, 1.807) is 19.1 Å². The van der Waals surface area contributed by atoms with E-state index >= 15 is 0 Å². The summed E-state index contributed by atoms with van der Waals surface area (Å²) in [6, 6.07) is 0. The van der Waals surface area contributed by atoms with Crippen molar-refractivity contribution in [2.75, 3.05) is 0 Å². The van der Waals surface area contributed by atoms with Crippen molar-refractivity contribution in [1.82, 2.24) is 0 Å². The van der Waals surface area contributed by atoms with Gasteiger partial charge in [0.1, 0.15) is 0 Å². The zero-order chi connectivity index (χ0) is 7.28. The average Bonchev–Trinajstić information content (AvgIpc) is 1.83. The van der Waals surface area contributed by atoms with Gasteiger partial charge in [-0.3, -0.25) is 0 Å². The fraction of sp³-hybridized carbons (Fsp3) is 0.429. The fourth-order valence-corrected chi connectivity index (χ4v) is 0.392. The minimum atomic E-state index is 0.356. The highest BCUT2D eigenvalue weighted by Gasteiger charge is 1.82. The maximum absolute atomic E-state index is 8.86. The van der Waals surface area contributed by atoms with Gasteiger partial charge in [0.2, 0.25) is 0 Å². The Bertz CT molecular complexity index is 132. The summed E-state index contributed by atoms with van der Waals surface area (Å²) < 4.78 is 0. The highest BCUT2D eigenvalue weighted by Crippen LogP contribution is 2.01. The smallest absolute Gasteiger partial charge is 0.0920 e. The highest BCUT2D eigenvalue weighted by molar-refractivity contribution is 6.29. The molecule has 0 radical (unpaired) electrons. The number of aliphatic hydroxyl groups excluding tert-OH is 1. The molecule has 0 aliphatic heterocycles. The molecule has 52 valence electrons. The van der Waals surface area contributed by atoms with E-state index in [2.05, 4.69) is 0 Å². The van der Waals surface area contributed by atoms with Gasteiger partial charge >= 0.3 is 0 Å². The first-order chi connectivity index (χ1) is 4.16. The van der Waals surface area contributed by atoms with Crippen LogP contribution in [0.25, 0.3) is 0 Å². The van der Waals surface area contributed by atoms with Gasteiger partial charge in [0.15, 0.2) is 0 Å². The van der Waals surface area contributed by atoms with Crippen LogP contribution < -0.4 is 0 Å². The third-order valence-corrected chi connectivity index (χ3v) is 0.994. The summed E-state index contributed by atoms with van der Waals surface area (Å²) in [4.78, 5) is 0. The number of allylic oxidation sites excluding steroid dienone is 4. The van der Waals surface area contributed by atoms with E-state index in [0.717, 1.165) is 0 Å². The van der Waals surface area contributed by atoms with Crippen molar-refractivity contribution >= 4 is 11.6 Å². The molecule has 0 atom stereocenters. The van der Waals surface area contributed by atoms with Crippen molar-refractivity contribution in [2.24, 2.45) is 0 Å². The molecule has 0 aromatic carbocycles. The second kappa shape index (κ2) is 4.45. The van der Waals surface area contributed by atoms with Gasteiger partial charge in [-0.1, -0.05) is 18.5 Å². The second-order valence-electron chi connectivity index (χ2n) is 1.76. The molecule has 2 heteroatoms. The summed E-state index contributed by atoms with van der Waals surface area (Å²) in [5.41, 5.74) is 0. The van der Waals surface area contributed by atoms with Gasteiger partial charge in [0.25, 0.3) is 0 Å². The molecule has 0 bridgehead atoms. The molecular weight excluding hydrogens is 136 g/mol. The first-order valence-corrected chi connectivity index (χ1v) is 3.26. The first kappa shape index (κ1) is 8.57. The average molecular weight is 147 g/mol. The van der Waals surface area contributed by atoms with E-state index in [1.807, 2.05) is 6.92 Å². The molecule has 0 aromatic heterocycles. The SMILES string of the molecule is CC/C(O)=C\C=C(/C)Cl.